The van der Waals surface area contributed by atoms with Crippen molar-refractivity contribution in [2.75, 3.05) is 12.4 Å². The molecule has 0 aliphatic rings. The second-order valence-electron chi connectivity index (χ2n) is 6.56. The van der Waals surface area contributed by atoms with E-state index in [1.807, 2.05) is 40.7 Å². The van der Waals surface area contributed by atoms with Crippen molar-refractivity contribution in [2.24, 2.45) is 0 Å². The molecule has 0 aliphatic carbocycles. The number of aromatic nitrogens is 1. The standard InChI is InChI=1S/C21H25ClN2O3/c1-12(2)27-21-17(22)10-16(11-18(21)26-6)7-8-19(25)24-20-13(3)9-14(4)23-15(20)5/h7-12H,1-6H3,(H,24,25)/b8-7+. The predicted octanol–water partition coefficient (Wildman–Crippen LogP) is 5.11. The number of rotatable bonds is 6. The molecular weight excluding hydrogens is 364 g/mol. The number of hydrogen-bond acceptors (Lipinski definition) is 4. The minimum absolute atomic E-state index is 0.0295. The highest BCUT2D eigenvalue weighted by Gasteiger charge is 2.13. The van der Waals surface area contributed by atoms with Crippen LogP contribution in [0.1, 0.15) is 36.4 Å². The maximum absolute atomic E-state index is 12.3. The molecule has 0 aliphatic heterocycles. The fraction of sp³-hybridized carbons (Fsp3) is 0.333. The molecule has 0 bridgehead atoms. The predicted molar refractivity (Wildman–Crippen MR) is 110 cm³/mol. The van der Waals surface area contributed by atoms with E-state index in [9.17, 15) is 4.79 Å². The van der Waals surface area contributed by atoms with Crippen molar-refractivity contribution in [2.45, 2.75) is 40.7 Å². The van der Waals surface area contributed by atoms with Gasteiger partial charge in [-0.3, -0.25) is 9.78 Å². The summed E-state index contributed by atoms with van der Waals surface area (Å²) in [5.41, 5.74) is 4.14. The number of pyridine rings is 1. The monoisotopic (exact) mass is 388 g/mol. The smallest absolute Gasteiger partial charge is 0.248 e. The average molecular weight is 389 g/mol. The molecule has 6 heteroatoms. The molecule has 2 rings (SSSR count). The molecule has 1 aromatic carbocycles. The zero-order valence-corrected chi connectivity index (χ0v) is 17.3. The minimum Gasteiger partial charge on any atom is -0.493 e. The Morgan fingerprint density at radius 1 is 1.22 bits per heavy atom. The third-order valence-electron chi connectivity index (χ3n) is 3.81. The van der Waals surface area contributed by atoms with Gasteiger partial charge in [0.15, 0.2) is 11.5 Å². The second kappa shape index (κ2) is 8.91. The first kappa shape index (κ1) is 20.8. The van der Waals surface area contributed by atoms with Gasteiger partial charge in [0.2, 0.25) is 5.91 Å². The molecule has 0 spiro atoms. The summed E-state index contributed by atoms with van der Waals surface area (Å²) in [6.45, 7) is 9.57. The van der Waals surface area contributed by atoms with E-state index in [1.165, 1.54) is 6.08 Å². The fourth-order valence-electron chi connectivity index (χ4n) is 2.74. The van der Waals surface area contributed by atoms with E-state index in [2.05, 4.69) is 10.3 Å². The topological polar surface area (TPSA) is 60.5 Å². The van der Waals surface area contributed by atoms with Crippen LogP contribution in [0.5, 0.6) is 11.5 Å². The van der Waals surface area contributed by atoms with Crippen LogP contribution in [-0.4, -0.2) is 24.1 Å². The molecule has 1 amide bonds. The fourth-order valence-corrected chi connectivity index (χ4v) is 3.00. The van der Waals surface area contributed by atoms with E-state index < -0.39 is 0 Å². The largest absolute Gasteiger partial charge is 0.493 e. The number of benzene rings is 1. The van der Waals surface area contributed by atoms with E-state index in [0.29, 0.717) is 16.5 Å². The van der Waals surface area contributed by atoms with Crippen molar-refractivity contribution in [3.63, 3.8) is 0 Å². The molecule has 0 atom stereocenters. The number of nitrogens with zero attached hydrogens (tertiary/aromatic N) is 1. The summed E-state index contributed by atoms with van der Waals surface area (Å²) in [7, 11) is 1.55. The van der Waals surface area contributed by atoms with Crippen molar-refractivity contribution < 1.29 is 14.3 Å². The number of hydrogen-bond donors (Lipinski definition) is 1. The molecular formula is C21H25ClN2O3. The Hall–Kier alpha value is -2.53. The van der Waals surface area contributed by atoms with E-state index in [1.54, 1.807) is 25.3 Å². The molecule has 1 heterocycles. The van der Waals surface area contributed by atoms with Gasteiger partial charge in [0.1, 0.15) is 0 Å². The van der Waals surface area contributed by atoms with Gasteiger partial charge in [-0.15, -0.1) is 0 Å². The number of aryl methyl sites for hydroxylation is 3. The molecule has 1 N–H and O–H groups in total. The SMILES string of the molecule is COc1cc(/C=C/C(=O)Nc2c(C)cc(C)nc2C)cc(Cl)c1OC(C)C. The van der Waals surface area contributed by atoms with Gasteiger partial charge in [-0.1, -0.05) is 11.6 Å². The normalized spacial score (nSPS) is 11.1. The number of amides is 1. The average Bonchev–Trinajstić information content (AvgIpc) is 2.57. The zero-order chi connectivity index (χ0) is 20.1. The lowest BCUT2D eigenvalue weighted by atomic mass is 10.1. The molecule has 0 fully saturated rings. The number of carbonyl (C=O) groups excluding carboxylic acids is 1. The lowest BCUT2D eigenvalue weighted by Gasteiger charge is -2.15. The van der Waals surface area contributed by atoms with Gasteiger partial charge in [-0.25, -0.2) is 0 Å². The summed E-state index contributed by atoms with van der Waals surface area (Å²) in [5.74, 6) is 0.767. The Kier molecular flexibility index (Phi) is 6.86. The van der Waals surface area contributed by atoms with E-state index in [0.717, 1.165) is 28.2 Å². The summed E-state index contributed by atoms with van der Waals surface area (Å²) in [6.07, 6.45) is 3.10. The van der Waals surface area contributed by atoms with Crippen molar-refractivity contribution in [1.82, 2.24) is 4.98 Å². The summed E-state index contributed by atoms with van der Waals surface area (Å²) in [5, 5.41) is 3.31. The van der Waals surface area contributed by atoms with Crippen LogP contribution in [0.3, 0.4) is 0 Å². The van der Waals surface area contributed by atoms with Crippen molar-refractivity contribution >= 4 is 29.3 Å². The van der Waals surface area contributed by atoms with Gasteiger partial charge in [0.05, 0.1) is 29.6 Å². The van der Waals surface area contributed by atoms with Crippen LogP contribution >= 0.6 is 11.6 Å². The third-order valence-corrected chi connectivity index (χ3v) is 4.09. The minimum atomic E-state index is -0.246. The number of methoxy groups -OCH3 is 1. The number of anilines is 1. The Balaban J connectivity index is 2.20. The van der Waals surface area contributed by atoms with Crippen molar-refractivity contribution in [1.29, 1.82) is 0 Å². The Morgan fingerprint density at radius 3 is 2.52 bits per heavy atom. The van der Waals surface area contributed by atoms with Gasteiger partial charge in [-0.2, -0.15) is 0 Å². The summed E-state index contributed by atoms with van der Waals surface area (Å²) in [4.78, 5) is 16.7. The van der Waals surface area contributed by atoms with Gasteiger partial charge < -0.3 is 14.8 Å². The molecule has 1 aromatic heterocycles. The highest BCUT2D eigenvalue weighted by Crippen LogP contribution is 2.37. The molecule has 0 saturated carbocycles. The quantitative estimate of drug-likeness (QED) is 0.698. The second-order valence-corrected chi connectivity index (χ2v) is 6.97. The highest BCUT2D eigenvalue weighted by atomic mass is 35.5. The number of halogens is 1. The van der Waals surface area contributed by atoms with E-state index in [-0.39, 0.29) is 12.0 Å². The summed E-state index contributed by atoms with van der Waals surface area (Å²) < 4.78 is 11.1. The highest BCUT2D eigenvalue weighted by molar-refractivity contribution is 6.32. The van der Waals surface area contributed by atoms with Crippen LogP contribution in [0.2, 0.25) is 5.02 Å². The van der Waals surface area contributed by atoms with Gasteiger partial charge in [-0.05, 0) is 70.0 Å². The first-order chi connectivity index (χ1) is 12.7. The Morgan fingerprint density at radius 2 is 1.93 bits per heavy atom. The molecule has 144 valence electrons. The molecule has 27 heavy (non-hydrogen) atoms. The van der Waals surface area contributed by atoms with Crippen LogP contribution in [0.4, 0.5) is 5.69 Å². The van der Waals surface area contributed by atoms with Crippen molar-refractivity contribution in [3.05, 3.63) is 51.8 Å². The maximum atomic E-state index is 12.3. The lowest BCUT2D eigenvalue weighted by molar-refractivity contribution is -0.111. The number of nitrogens with one attached hydrogen (secondary N) is 1. The molecule has 0 saturated heterocycles. The number of carbonyl (C=O) groups is 1. The molecule has 2 aromatic rings. The van der Waals surface area contributed by atoms with Crippen LogP contribution < -0.4 is 14.8 Å². The Bertz CT molecular complexity index is 853. The van der Waals surface area contributed by atoms with Crippen LogP contribution in [0, 0.1) is 20.8 Å². The summed E-state index contributed by atoms with van der Waals surface area (Å²) >= 11 is 6.31. The van der Waals surface area contributed by atoms with E-state index >= 15 is 0 Å². The van der Waals surface area contributed by atoms with Crippen LogP contribution in [-0.2, 0) is 4.79 Å². The van der Waals surface area contributed by atoms with Crippen LogP contribution in [0.25, 0.3) is 6.08 Å². The van der Waals surface area contributed by atoms with Crippen molar-refractivity contribution in [3.8, 4) is 11.5 Å². The van der Waals surface area contributed by atoms with Gasteiger partial charge >= 0.3 is 0 Å². The van der Waals surface area contributed by atoms with Gasteiger partial charge in [0.25, 0.3) is 0 Å². The maximum Gasteiger partial charge on any atom is 0.248 e. The first-order valence-corrected chi connectivity index (χ1v) is 9.07. The van der Waals surface area contributed by atoms with Gasteiger partial charge in [0, 0.05) is 11.8 Å². The zero-order valence-electron chi connectivity index (χ0n) is 16.5. The molecule has 5 nitrogen and oxygen atoms in total. The first-order valence-electron chi connectivity index (χ1n) is 8.69. The summed E-state index contributed by atoms with van der Waals surface area (Å²) in [6, 6.07) is 5.44. The molecule has 0 radical (unpaired) electrons. The van der Waals surface area contributed by atoms with Crippen LogP contribution in [0.15, 0.2) is 24.3 Å². The Labute approximate surface area is 165 Å². The molecule has 0 unspecified atom stereocenters. The van der Waals surface area contributed by atoms with E-state index in [4.69, 9.17) is 21.1 Å². The number of ether oxygens (including phenoxy) is 2. The third kappa shape index (κ3) is 5.47. The lowest BCUT2D eigenvalue weighted by Crippen LogP contribution is -2.11.